The van der Waals surface area contributed by atoms with Gasteiger partial charge < -0.3 is 14.4 Å². The van der Waals surface area contributed by atoms with E-state index in [-0.39, 0.29) is 18.1 Å². The molecule has 0 bridgehead atoms. The van der Waals surface area contributed by atoms with Crippen molar-refractivity contribution in [3.05, 3.63) is 71.3 Å². The summed E-state index contributed by atoms with van der Waals surface area (Å²) in [5.41, 5.74) is 3.03. The number of rotatable bonds is 5. The molecule has 1 N–H and O–H groups in total. The summed E-state index contributed by atoms with van der Waals surface area (Å²) in [4.78, 5) is 26.8. The highest BCUT2D eigenvalue weighted by molar-refractivity contribution is 5.81. The van der Waals surface area contributed by atoms with Gasteiger partial charge in [0.25, 0.3) is 0 Å². The van der Waals surface area contributed by atoms with E-state index in [1.54, 1.807) is 0 Å². The molecule has 0 aliphatic carbocycles. The first-order chi connectivity index (χ1) is 14.1. The molecule has 1 amide bonds. The standard InChI is InChI=1S/C23H26N2O4/c1-28-22(27)21(17-7-3-2-4-8-17)24-15-20(26)25-13-11-23(12-14-25)19-10-6-5-9-18(19)16-29-23/h2-10,21,24H,11-16H2,1H3/t21-/m1/s1. The minimum atomic E-state index is -0.661. The fourth-order valence-electron chi connectivity index (χ4n) is 4.32. The molecular formula is C23H26N2O4. The van der Waals surface area contributed by atoms with Crippen LogP contribution in [0.4, 0.5) is 0 Å². The molecule has 1 fully saturated rings. The van der Waals surface area contributed by atoms with Crippen LogP contribution in [0.2, 0.25) is 0 Å². The number of amides is 1. The Labute approximate surface area is 170 Å². The fraction of sp³-hybridized carbons (Fsp3) is 0.391. The van der Waals surface area contributed by atoms with Crippen LogP contribution < -0.4 is 5.32 Å². The van der Waals surface area contributed by atoms with Crippen LogP contribution in [0.15, 0.2) is 54.6 Å². The van der Waals surface area contributed by atoms with Gasteiger partial charge in [0.05, 0.1) is 25.9 Å². The maximum absolute atomic E-state index is 12.8. The summed E-state index contributed by atoms with van der Waals surface area (Å²) in [5, 5.41) is 3.06. The quantitative estimate of drug-likeness (QED) is 0.790. The van der Waals surface area contributed by atoms with E-state index in [9.17, 15) is 9.59 Å². The molecule has 2 aliphatic rings. The van der Waals surface area contributed by atoms with E-state index >= 15 is 0 Å². The molecule has 2 aromatic rings. The van der Waals surface area contributed by atoms with Gasteiger partial charge in [0, 0.05) is 13.1 Å². The van der Waals surface area contributed by atoms with Crippen molar-refractivity contribution in [3.8, 4) is 0 Å². The highest BCUT2D eigenvalue weighted by Crippen LogP contribution is 2.43. The minimum Gasteiger partial charge on any atom is -0.468 e. The summed E-state index contributed by atoms with van der Waals surface area (Å²) in [6.45, 7) is 2.01. The molecule has 1 saturated heterocycles. The van der Waals surface area contributed by atoms with Gasteiger partial charge in [-0.1, -0.05) is 54.6 Å². The van der Waals surface area contributed by atoms with Crippen LogP contribution in [-0.2, 0) is 31.3 Å². The van der Waals surface area contributed by atoms with Crippen LogP contribution in [0.25, 0.3) is 0 Å². The number of likely N-dealkylation sites (tertiary alicyclic amines) is 1. The van der Waals surface area contributed by atoms with Crippen LogP contribution >= 0.6 is 0 Å². The number of esters is 1. The molecule has 1 atom stereocenters. The average molecular weight is 394 g/mol. The Morgan fingerprint density at radius 1 is 1.10 bits per heavy atom. The summed E-state index contributed by atoms with van der Waals surface area (Å²) < 4.78 is 11.1. The Morgan fingerprint density at radius 3 is 2.52 bits per heavy atom. The molecule has 29 heavy (non-hydrogen) atoms. The molecule has 2 heterocycles. The molecule has 6 heteroatoms. The maximum atomic E-state index is 12.8. The van der Waals surface area contributed by atoms with E-state index in [1.165, 1.54) is 18.2 Å². The van der Waals surface area contributed by atoms with Crippen molar-refractivity contribution in [1.82, 2.24) is 10.2 Å². The van der Waals surface area contributed by atoms with E-state index < -0.39 is 12.0 Å². The molecular weight excluding hydrogens is 368 g/mol. The van der Waals surface area contributed by atoms with Crippen molar-refractivity contribution >= 4 is 11.9 Å². The molecule has 152 valence electrons. The van der Waals surface area contributed by atoms with Crippen molar-refractivity contribution in [1.29, 1.82) is 0 Å². The number of piperidine rings is 1. The molecule has 4 rings (SSSR count). The third kappa shape index (κ3) is 3.91. The van der Waals surface area contributed by atoms with Gasteiger partial charge in [0.1, 0.15) is 6.04 Å². The zero-order chi connectivity index (χ0) is 20.3. The molecule has 0 saturated carbocycles. The largest absolute Gasteiger partial charge is 0.468 e. The summed E-state index contributed by atoms with van der Waals surface area (Å²) in [7, 11) is 1.35. The lowest BCUT2D eigenvalue weighted by atomic mass is 9.84. The summed E-state index contributed by atoms with van der Waals surface area (Å²) >= 11 is 0. The Morgan fingerprint density at radius 2 is 1.79 bits per heavy atom. The number of fused-ring (bicyclic) bond motifs is 2. The number of hydrogen-bond donors (Lipinski definition) is 1. The van der Waals surface area contributed by atoms with Gasteiger partial charge in [-0.2, -0.15) is 0 Å². The lowest BCUT2D eigenvalue weighted by molar-refractivity contribution is -0.143. The van der Waals surface area contributed by atoms with Crippen molar-refractivity contribution in [2.75, 3.05) is 26.7 Å². The molecule has 6 nitrogen and oxygen atoms in total. The zero-order valence-corrected chi connectivity index (χ0v) is 16.6. The number of nitrogens with zero attached hydrogens (tertiary/aromatic N) is 1. The normalized spacial score (nSPS) is 18.3. The van der Waals surface area contributed by atoms with Crippen molar-refractivity contribution in [2.24, 2.45) is 0 Å². The number of benzene rings is 2. The number of carbonyl (C=O) groups is 2. The Hall–Kier alpha value is -2.70. The van der Waals surface area contributed by atoms with Gasteiger partial charge in [-0.05, 0) is 29.5 Å². The Kier molecular flexibility index (Phi) is 5.65. The molecule has 0 aromatic heterocycles. The molecule has 2 aromatic carbocycles. The lowest BCUT2D eigenvalue weighted by Gasteiger charge is -2.39. The second kappa shape index (κ2) is 8.35. The van der Waals surface area contributed by atoms with Crippen molar-refractivity contribution in [3.63, 3.8) is 0 Å². The molecule has 0 radical (unpaired) electrons. The summed E-state index contributed by atoms with van der Waals surface area (Å²) in [6.07, 6.45) is 1.57. The third-order valence-electron chi connectivity index (χ3n) is 5.96. The Balaban J connectivity index is 1.36. The summed E-state index contributed by atoms with van der Waals surface area (Å²) in [5.74, 6) is -0.423. The topological polar surface area (TPSA) is 67.9 Å². The van der Waals surface area contributed by atoms with Gasteiger partial charge >= 0.3 is 5.97 Å². The first-order valence-corrected chi connectivity index (χ1v) is 9.99. The average Bonchev–Trinajstić information content (AvgIpc) is 3.13. The van der Waals surface area contributed by atoms with E-state index in [1.807, 2.05) is 47.4 Å². The van der Waals surface area contributed by atoms with Gasteiger partial charge in [-0.15, -0.1) is 0 Å². The maximum Gasteiger partial charge on any atom is 0.327 e. The van der Waals surface area contributed by atoms with Crippen molar-refractivity contribution in [2.45, 2.75) is 31.1 Å². The second-order valence-electron chi connectivity index (χ2n) is 7.57. The Bertz CT molecular complexity index is 875. The van der Waals surface area contributed by atoms with E-state index in [0.717, 1.165) is 18.4 Å². The third-order valence-corrected chi connectivity index (χ3v) is 5.96. The molecule has 1 spiro atoms. The predicted molar refractivity (Wildman–Crippen MR) is 108 cm³/mol. The van der Waals surface area contributed by atoms with Crippen LogP contribution in [-0.4, -0.2) is 43.5 Å². The fourth-order valence-corrected chi connectivity index (χ4v) is 4.32. The lowest BCUT2D eigenvalue weighted by Crippen LogP contribution is -2.48. The monoisotopic (exact) mass is 394 g/mol. The van der Waals surface area contributed by atoms with Gasteiger partial charge in [-0.25, -0.2) is 4.79 Å². The highest BCUT2D eigenvalue weighted by atomic mass is 16.5. The highest BCUT2D eigenvalue weighted by Gasteiger charge is 2.43. The SMILES string of the molecule is COC(=O)[C@H](NCC(=O)N1CCC2(CC1)OCc1ccccc12)c1ccccc1. The van der Waals surface area contributed by atoms with Crippen LogP contribution in [0, 0.1) is 0 Å². The van der Waals surface area contributed by atoms with Gasteiger partial charge in [0.15, 0.2) is 0 Å². The number of nitrogens with one attached hydrogen (secondary N) is 1. The number of ether oxygens (including phenoxy) is 2. The molecule has 0 unspecified atom stereocenters. The van der Waals surface area contributed by atoms with Crippen LogP contribution in [0.3, 0.4) is 0 Å². The van der Waals surface area contributed by atoms with E-state index in [4.69, 9.17) is 9.47 Å². The van der Waals surface area contributed by atoms with Gasteiger partial charge in [0.2, 0.25) is 5.91 Å². The van der Waals surface area contributed by atoms with E-state index in [0.29, 0.717) is 19.7 Å². The van der Waals surface area contributed by atoms with Crippen LogP contribution in [0.1, 0.15) is 35.6 Å². The molecule has 2 aliphatic heterocycles. The smallest absolute Gasteiger partial charge is 0.327 e. The predicted octanol–water partition coefficient (Wildman–Crippen LogP) is 2.54. The van der Waals surface area contributed by atoms with Crippen molar-refractivity contribution < 1.29 is 19.1 Å². The summed E-state index contributed by atoms with van der Waals surface area (Å²) in [6, 6.07) is 17.0. The second-order valence-corrected chi connectivity index (χ2v) is 7.57. The minimum absolute atomic E-state index is 0.0176. The first-order valence-electron chi connectivity index (χ1n) is 9.99. The first kappa shape index (κ1) is 19.6. The zero-order valence-electron chi connectivity index (χ0n) is 16.6. The number of hydrogen-bond acceptors (Lipinski definition) is 5. The number of carbonyl (C=O) groups excluding carboxylic acids is 2. The number of methoxy groups -OCH3 is 1. The van der Waals surface area contributed by atoms with Crippen LogP contribution in [0.5, 0.6) is 0 Å². The van der Waals surface area contributed by atoms with Gasteiger partial charge in [-0.3, -0.25) is 10.1 Å². The van der Waals surface area contributed by atoms with E-state index in [2.05, 4.69) is 17.4 Å².